The smallest absolute Gasteiger partial charge is 0.185 e. The maximum absolute atomic E-state index is 4.54. The molecule has 0 radical (unpaired) electrons. The molecule has 0 spiro atoms. The van der Waals surface area contributed by atoms with E-state index in [4.69, 9.17) is 0 Å². The van der Waals surface area contributed by atoms with Gasteiger partial charge in [0.15, 0.2) is 5.13 Å². The van der Waals surface area contributed by atoms with Crippen molar-refractivity contribution in [3.8, 4) is 0 Å². The number of rotatable bonds is 4. The summed E-state index contributed by atoms with van der Waals surface area (Å²) in [4.78, 5) is 15.0. The van der Waals surface area contributed by atoms with Crippen molar-refractivity contribution in [2.75, 3.05) is 31.1 Å². The lowest BCUT2D eigenvalue weighted by Crippen LogP contribution is -2.45. The Bertz CT molecular complexity index is 532. The molecule has 20 heavy (non-hydrogen) atoms. The SMILES string of the molecule is CCc1cnc(N2CCN(Cc3cccnc3)CC2)s1. The molecule has 0 aliphatic carbocycles. The third kappa shape index (κ3) is 3.16. The average molecular weight is 288 g/mol. The van der Waals surface area contributed by atoms with Gasteiger partial charge in [-0.2, -0.15) is 0 Å². The molecule has 0 N–H and O–H groups in total. The predicted octanol–water partition coefficient (Wildman–Crippen LogP) is 2.42. The van der Waals surface area contributed by atoms with Crippen molar-refractivity contribution in [1.29, 1.82) is 0 Å². The Balaban J connectivity index is 1.54. The summed E-state index contributed by atoms with van der Waals surface area (Å²) in [7, 11) is 0. The Morgan fingerprint density at radius 2 is 2.05 bits per heavy atom. The first-order valence-corrected chi connectivity index (χ1v) is 7.97. The van der Waals surface area contributed by atoms with Crippen LogP contribution in [0.1, 0.15) is 17.4 Å². The monoisotopic (exact) mass is 288 g/mol. The van der Waals surface area contributed by atoms with Crippen molar-refractivity contribution >= 4 is 16.5 Å². The summed E-state index contributed by atoms with van der Waals surface area (Å²) in [6, 6.07) is 4.15. The summed E-state index contributed by atoms with van der Waals surface area (Å²) in [5, 5.41) is 1.18. The minimum absolute atomic E-state index is 1.000. The van der Waals surface area contributed by atoms with Crippen molar-refractivity contribution in [3.05, 3.63) is 41.2 Å². The number of pyridine rings is 1. The zero-order valence-electron chi connectivity index (χ0n) is 11.8. The van der Waals surface area contributed by atoms with E-state index in [1.165, 1.54) is 15.6 Å². The first-order chi connectivity index (χ1) is 9.85. The van der Waals surface area contributed by atoms with Crippen LogP contribution in [0, 0.1) is 0 Å². The molecule has 0 atom stereocenters. The van der Waals surface area contributed by atoms with Gasteiger partial charge in [-0.3, -0.25) is 9.88 Å². The zero-order chi connectivity index (χ0) is 13.8. The molecule has 1 aliphatic rings. The Labute approximate surface area is 124 Å². The Morgan fingerprint density at radius 1 is 1.20 bits per heavy atom. The van der Waals surface area contributed by atoms with Crippen LogP contribution in [0.25, 0.3) is 0 Å². The van der Waals surface area contributed by atoms with E-state index in [0.717, 1.165) is 39.1 Å². The van der Waals surface area contributed by atoms with Crippen LogP contribution in [-0.4, -0.2) is 41.0 Å². The van der Waals surface area contributed by atoms with Crippen molar-refractivity contribution in [3.63, 3.8) is 0 Å². The highest BCUT2D eigenvalue weighted by molar-refractivity contribution is 7.15. The van der Waals surface area contributed by atoms with Gasteiger partial charge in [-0.05, 0) is 18.1 Å². The topological polar surface area (TPSA) is 32.3 Å². The highest BCUT2D eigenvalue weighted by Gasteiger charge is 2.19. The number of aromatic nitrogens is 2. The molecule has 4 nitrogen and oxygen atoms in total. The van der Waals surface area contributed by atoms with Gasteiger partial charge in [0.25, 0.3) is 0 Å². The van der Waals surface area contributed by atoms with E-state index in [1.807, 2.05) is 36.0 Å². The highest BCUT2D eigenvalue weighted by Crippen LogP contribution is 2.24. The van der Waals surface area contributed by atoms with Crippen LogP contribution in [0.5, 0.6) is 0 Å². The lowest BCUT2D eigenvalue weighted by Gasteiger charge is -2.34. The van der Waals surface area contributed by atoms with Crippen LogP contribution in [0.3, 0.4) is 0 Å². The number of anilines is 1. The lowest BCUT2D eigenvalue weighted by atomic mass is 10.2. The first kappa shape index (κ1) is 13.5. The molecule has 0 saturated carbocycles. The number of aryl methyl sites for hydroxylation is 1. The summed E-state index contributed by atoms with van der Waals surface area (Å²) >= 11 is 1.83. The Hall–Kier alpha value is -1.46. The molecule has 1 saturated heterocycles. The van der Waals surface area contributed by atoms with Crippen molar-refractivity contribution in [2.24, 2.45) is 0 Å². The predicted molar refractivity (Wildman–Crippen MR) is 83.2 cm³/mol. The van der Waals surface area contributed by atoms with E-state index in [-0.39, 0.29) is 0 Å². The van der Waals surface area contributed by atoms with E-state index in [2.05, 4.69) is 32.8 Å². The first-order valence-electron chi connectivity index (χ1n) is 7.16. The van der Waals surface area contributed by atoms with Gasteiger partial charge in [0.05, 0.1) is 0 Å². The summed E-state index contributed by atoms with van der Waals surface area (Å²) in [6.45, 7) is 7.50. The van der Waals surface area contributed by atoms with E-state index < -0.39 is 0 Å². The van der Waals surface area contributed by atoms with Crippen LogP contribution in [-0.2, 0) is 13.0 Å². The fraction of sp³-hybridized carbons (Fsp3) is 0.467. The maximum atomic E-state index is 4.54. The fourth-order valence-electron chi connectivity index (χ4n) is 2.45. The zero-order valence-corrected chi connectivity index (χ0v) is 12.6. The van der Waals surface area contributed by atoms with Gasteiger partial charge in [-0.1, -0.05) is 13.0 Å². The maximum Gasteiger partial charge on any atom is 0.185 e. The van der Waals surface area contributed by atoms with Gasteiger partial charge in [0.2, 0.25) is 0 Å². The van der Waals surface area contributed by atoms with Gasteiger partial charge < -0.3 is 4.90 Å². The Kier molecular flexibility index (Phi) is 4.28. The third-order valence-corrected chi connectivity index (χ3v) is 4.86. The van der Waals surface area contributed by atoms with Gasteiger partial charge in [0, 0.05) is 56.2 Å². The molecule has 1 aliphatic heterocycles. The van der Waals surface area contributed by atoms with Crippen LogP contribution < -0.4 is 4.90 Å². The molecule has 0 amide bonds. The molecule has 106 valence electrons. The normalized spacial score (nSPS) is 16.6. The molecular weight excluding hydrogens is 268 g/mol. The third-order valence-electron chi connectivity index (χ3n) is 3.66. The average Bonchev–Trinajstić information content (AvgIpc) is 2.98. The molecule has 2 aromatic rings. The quantitative estimate of drug-likeness (QED) is 0.865. The molecule has 0 unspecified atom stereocenters. The van der Waals surface area contributed by atoms with Gasteiger partial charge in [0.1, 0.15) is 0 Å². The van der Waals surface area contributed by atoms with Crippen molar-refractivity contribution in [2.45, 2.75) is 19.9 Å². The number of hydrogen-bond acceptors (Lipinski definition) is 5. The van der Waals surface area contributed by atoms with Gasteiger partial charge in [-0.25, -0.2) is 4.98 Å². The summed E-state index contributed by atoms with van der Waals surface area (Å²) in [6.07, 6.45) is 6.89. The van der Waals surface area contributed by atoms with E-state index in [1.54, 1.807) is 0 Å². The second kappa shape index (κ2) is 6.33. The minimum Gasteiger partial charge on any atom is -0.346 e. The van der Waals surface area contributed by atoms with Crippen LogP contribution >= 0.6 is 11.3 Å². The van der Waals surface area contributed by atoms with E-state index in [9.17, 15) is 0 Å². The van der Waals surface area contributed by atoms with E-state index in [0.29, 0.717) is 0 Å². The second-order valence-electron chi connectivity index (χ2n) is 5.09. The molecule has 1 fully saturated rings. The standard InChI is InChI=1S/C15H20N4S/c1-2-14-11-17-15(20-14)19-8-6-18(7-9-19)12-13-4-3-5-16-10-13/h3-5,10-11H,2,6-9,12H2,1H3. The summed E-state index contributed by atoms with van der Waals surface area (Å²) < 4.78 is 0. The molecule has 0 bridgehead atoms. The minimum atomic E-state index is 1.000. The molecule has 3 heterocycles. The summed E-state index contributed by atoms with van der Waals surface area (Å²) in [5.41, 5.74) is 1.29. The molecule has 0 aromatic carbocycles. The number of piperazine rings is 1. The molecule has 3 rings (SSSR count). The number of hydrogen-bond donors (Lipinski definition) is 0. The second-order valence-corrected chi connectivity index (χ2v) is 6.18. The highest BCUT2D eigenvalue weighted by atomic mass is 32.1. The van der Waals surface area contributed by atoms with Gasteiger partial charge in [-0.15, -0.1) is 11.3 Å². The largest absolute Gasteiger partial charge is 0.346 e. The summed E-state index contributed by atoms with van der Waals surface area (Å²) in [5.74, 6) is 0. The van der Waals surface area contributed by atoms with Crippen LogP contribution in [0.15, 0.2) is 30.7 Å². The fourth-order valence-corrected chi connectivity index (χ4v) is 3.36. The van der Waals surface area contributed by atoms with Crippen molar-refractivity contribution in [1.82, 2.24) is 14.9 Å². The van der Waals surface area contributed by atoms with E-state index >= 15 is 0 Å². The Morgan fingerprint density at radius 3 is 2.70 bits per heavy atom. The van der Waals surface area contributed by atoms with Crippen molar-refractivity contribution < 1.29 is 0 Å². The van der Waals surface area contributed by atoms with Crippen LogP contribution in [0.4, 0.5) is 5.13 Å². The van der Waals surface area contributed by atoms with Crippen LogP contribution in [0.2, 0.25) is 0 Å². The van der Waals surface area contributed by atoms with Gasteiger partial charge >= 0.3 is 0 Å². The lowest BCUT2D eigenvalue weighted by molar-refractivity contribution is 0.249. The number of nitrogens with zero attached hydrogens (tertiary/aromatic N) is 4. The molecule has 5 heteroatoms. The number of thiazole rings is 1. The molecule has 2 aromatic heterocycles. The molecular formula is C15H20N4S.